The Kier molecular flexibility index (Phi) is 5.72. The molecular formula is C22H21ClN4O3. The largest absolute Gasteiger partial charge is 0.497 e. The summed E-state index contributed by atoms with van der Waals surface area (Å²) in [7, 11) is 1.58. The van der Waals surface area contributed by atoms with Gasteiger partial charge < -0.3 is 14.5 Å². The van der Waals surface area contributed by atoms with E-state index in [1.807, 2.05) is 23.1 Å². The zero-order valence-corrected chi connectivity index (χ0v) is 17.2. The molecule has 2 heterocycles. The lowest BCUT2D eigenvalue weighted by molar-refractivity contribution is 0.0746. The lowest BCUT2D eigenvalue weighted by Crippen LogP contribution is -2.49. The maximum absolute atomic E-state index is 12.8. The Balaban J connectivity index is 1.48. The van der Waals surface area contributed by atoms with Crippen molar-refractivity contribution < 1.29 is 9.53 Å². The van der Waals surface area contributed by atoms with Crippen LogP contribution in [0.25, 0.3) is 5.69 Å². The van der Waals surface area contributed by atoms with Crippen LogP contribution in [0.3, 0.4) is 0 Å². The van der Waals surface area contributed by atoms with Crippen molar-refractivity contribution >= 4 is 23.2 Å². The first-order valence-electron chi connectivity index (χ1n) is 9.60. The van der Waals surface area contributed by atoms with Gasteiger partial charge in [-0.05, 0) is 30.3 Å². The van der Waals surface area contributed by atoms with Crippen molar-refractivity contribution in [2.45, 2.75) is 0 Å². The molecule has 1 aromatic heterocycles. The van der Waals surface area contributed by atoms with Crippen molar-refractivity contribution in [1.29, 1.82) is 0 Å². The lowest BCUT2D eigenvalue weighted by Gasteiger charge is -2.36. The second kappa shape index (κ2) is 8.59. The highest BCUT2D eigenvalue weighted by molar-refractivity contribution is 6.33. The predicted octanol–water partition coefficient (Wildman–Crippen LogP) is 2.86. The van der Waals surface area contributed by atoms with E-state index >= 15 is 0 Å². The minimum atomic E-state index is -0.366. The van der Waals surface area contributed by atoms with Gasteiger partial charge >= 0.3 is 0 Å². The number of anilines is 1. The average Bonchev–Trinajstić information content (AvgIpc) is 2.81. The Morgan fingerprint density at radius 3 is 2.47 bits per heavy atom. The molecule has 1 aliphatic heterocycles. The highest BCUT2D eigenvalue weighted by Gasteiger charge is 2.25. The van der Waals surface area contributed by atoms with Crippen molar-refractivity contribution in [2.24, 2.45) is 0 Å². The first kappa shape index (κ1) is 20.0. The number of rotatable bonds is 4. The number of carbonyl (C=O) groups is 1. The molecule has 30 heavy (non-hydrogen) atoms. The van der Waals surface area contributed by atoms with Gasteiger partial charge in [0.2, 0.25) is 0 Å². The summed E-state index contributed by atoms with van der Waals surface area (Å²) >= 11 is 6.40. The number of ether oxygens (including phenoxy) is 1. The number of piperazine rings is 1. The molecule has 0 aliphatic carbocycles. The number of amides is 1. The Bertz CT molecular complexity index is 1110. The maximum atomic E-state index is 12.8. The summed E-state index contributed by atoms with van der Waals surface area (Å²) in [5.41, 5.74) is 1.47. The molecule has 1 amide bonds. The molecule has 1 fully saturated rings. The number of aromatic nitrogens is 2. The van der Waals surface area contributed by atoms with Gasteiger partial charge in [0.05, 0.1) is 24.7 Å². The van der Waals surface area contributed by atoms with Crippen LogP contribution in [0.15, 0.2) is 65.6 Å². The van der Waals surface area contributed by atoms with Gasteiger partial charge in [-0.15, -0.1) is 0 Å². The summed E-state index contributed by atoms with van der Waals surface area (Å²) in [4.78, 5) is 29.3. The number of hydrogen-bond acceptors (Lipinski definition) is 5. The predicted molar refractivity (Wildman–Crippen MR) is 116 cm³/mol. The molecule has 0 radical (unpaired) electrons. The minimum Gasteiger partial charge on any atom is -0.497 e. The zero-order chi connectivity index (χ0) is 21.1. The summed E-state index contributed by atoms with van der Waals surface area (Å²) in [5.74, 6) is 0.605. The van der Waals surface area contributed by atoms with Crippen LogP contribution in [0.4, 0.5) is 5.69 Å². The standard InChI is InChI=1S/C22H21ClN4O3/c1-30-18-9-5-6-16(14-18)21(28)26-12-10-25(11-13-26)19-15-24-27(22(29)20(19)23)17-7-3-2-4-8-17/h2-9,14-15H,10-13H2,1H3. The quantitative estimate of drug-likeness (QED) is 0.644. The molecule has 0 atom stereocenters. The Labute approximate surface area is 179 Å². The molecule has 0 N–H and O–H groups in total. The van der Waals surface area contributed by atoms with E-state index in [1.165, 1.54) is 4.68 Å². The van der Waals surface area contributed by atoms with Gasteiger partial charge in [0.1, 0.15) is 10.8 Å². The van der Waals surface area contributed by atoms with Crippen LogP contribution in [0.2, 0.25) is 5.02 Å². The van der Waals surface area contributed by atoms with Crippen molar-refractivity contribution in [3.8, 4) is 11.4 Å². The highest BCUT2D eigenvalue weighted by atomic mass is 35.5. The maximum Gasteiger partial charge on any atom is 0.292 e. The fourth-order valence-corrected chi connectivity index (χ4v) is 3.74. The third kappa shape index (κ3) is 3.89. The minimum absolute atomic E-state index is 0.0442. The van der Waals surface area contributed by atoms with Crippen molar-refractivity contribution in [2.75, 3.05) is 38.2 Å². The molecule has 2 aromatic carbocycles. The summed E-state index contributed by atoms with van der Waals surface area (Å²) in [5, 5.41) is 4.42. The van der Waals surface area contributed by atoms with Gasteiger partial charge in [-0.25, -0.2) is 0 Å². The smallest absolute Gasteiger partial charge is 0.292 e. The summed E-state index contributed by atoms with van der Waals surface area (Å²) in [6, 6.07) is 16.3. The molecular weight excluding hydrogens is 404 g/mol. The monoisotopic (exact) mass is 424 g/mol. The van der Waals surface area contributed by atoms with Gasteiger partial charge in [0, 0.05) is 31.7 Å². The normalized spacial score (nSPS) is 13.9. The van der Waals surface area contributed by atoms with Crippen LogP contribution >= 0.6 is 11.6 Å². The molecule has 8 heteroatoms. The highest BCUT2D eigenvalue weighted by Crippen LogP contribution is 2.24. The third-order valence-corrected chi connectivity index (χ3v) is 5.48. The third-order valence-electron chi connectivity index (χ3n) is 5.13. The summed E-state index contributed by atoms with van der Waals surface area (Å²) < 4.78 is 6.49. The van der Waals surface area contributed by atoms with Gasteiger partial charge in [-0.3, -0.25) is 9.59 Å². The first-order valence-corrected chi connectivity index (χ1v) is 9.98. The molecule has 0 spiro atoms. The molecule has 7 nitrogen and oxygen atoms in total. The first-order chi connectivity index (χ1) is 14.6. The number of carbonyl (C=O) groups excluding carboxylic acids is 1. The van der Waals surface area contributed by atoms with Gasteiger partial charge in [-0.2, -0.15) is 9.78 Å². The summed E-state index contributed by atoms with van der Waals surface area (Å²) in [6.45, 7) is 2.17. The molecule has 1 aliphatic rings. The molecule has 4 rings (SSSR count). The van der Waals surface area contributed by atoms with Gasteiger partial charge in [0.25, 0.3) is 11.5 Å². The lowest BCUT2D eigenvalue weighted by atomic mass is 10.1. The van der Waals surface area contributed by atoms with Crippen LogP contribution in [-0.4, -0.2) is 53.9 Å². The fraction of sp³-hybridized carbons (Fsp3) is 0.227. The number of nitrogens with zero attached hydrogens (tertiary/aromatic N) is 4. The van der Waals surface area contributed by atoms with E-state index in [2.05, 4.69) is 5.10 Å². The van der Waals surface area contributed by atoms with E-state index in [4.69, 9.17) is 16.3 Å². The van der Waals surface area contributed by atoms with Crippen LogP contribution < -0.4 is 15.2 Å². The van der Waals surface area contributed by atoms with E-state index in [0.29, 0.717) is 48.9 Å². The topological polar surface area (TPSA) is 67.7 Å². The molecule has 154 valence electrons. The van der Waals surface area contributed by atoms with E-state index in [9.17, 15) is 9.59 Å². The van der Waals surface area contributed by atoms with Crippen LogP contribution in [0.1, 0.15) is 10.4 Å². The van der Waals surface area contributed by atoms with E-state index < -0.39 is 0 Å². The second-order valence-corrected chi connectivity index (χ2v) is 7.29. The van der Waals surface area contributed by atoms with Crippen molar-refractivity contribution in [1.82, 2.24) is 14.7 Å². The van der Waals surface area contributed by atoms with E-state index in [0.717, 1.165) is 0 Å². The number of methoxy groups -OCH3 is 1. The second-order valence-electron chi connectivity index (χ2n) is 6.91. The van der Waals surface area contributed by atoms with Crippen LogP contribution in [0.5, 0.6) is 5.75 Å². The molecule has 1 saturated heterocycles. The SMILES string of the molecule is COc1cccc(C(=O)N2CCN(c3cnn(-c4ccccc4)c(=O)c3Cl)CC2)c1. The average molecular weight is 425 g/mol. The number of benzene rings is 2. The molecule has 0 saturated carbocycles. The number of para-hydroxylation sites is 1. The van der Waals surface area contributed by atoms with Crippen LogP contribution in [0, 0.1) is 0 Å². The van der Waals surface area contributed by atoms with E-state index in [-0.39, 0.29) is 16.5 Å². The summed E-state index contributed by atoms with van der Waals surface area (Å²) in [6.07, 6.45) is 1.61. The zero-order valence-electron chi connectivity index (χ0n) is 16.5. The number of halogens is 1. The van der Waals surface area contributed by atoms with E-state index in [1.54, 1.807) is 54.6 Å². The van der Waals surface area contributed by atoms with Crippen molar-refractivity contribution in [3.63, 3.8) is 0 Å². The number of hydrogen-bond donors (Lipinski definition) is 0. The Hall–Kier alpha value is -3.32. The Morgan fingerprint density at radius 2 is 1.77 bits per heavy atom. The molecule has 0 unspecified atom stereocenters. The Morgan fingerprint density at radius 1 is 1.03 bits per heavy atom. The van der Waals surface area contributed by atoms with Crippen molar-refractivity contribution in [3.05, 3.63) is 81.7 Å². The van der Waals surface area contributed by atoms with Gasteiger partial charge in [0.15, 0.2) is 0 Å². The molecule has 0 bridgehead atoms. The fourth-order valence-electron chi connectivity index (χ4n) is 3.49. The molecule has 3 aromatic rings. The van der Waals surface area contributed by atoms with Gasteiger partial charge in [-0.1, -0.05) is 35.9 Å². The van der Waals surface area contributed by atoms with Crippen LogP contribution in [-0.2, 0) is 0 Å².